The Morgan fingerprint density at radius 1 is 0.821 bits per heavy atom. The van der Waals surface area contributed by atoms with Crippen LogP contribution in [-0.2, 0) is 6.54 Å². The predicted octanol–water partition coefficient (Wildman–Crippen LogP) is 3.95. The van der Waals surface area contributed by atoms with Crippen LogP contribution >= 0.6 is 0 Å². The van der Waals surface area contributed by atoms with Gasteiger partial charge in [0.05, 0.1) is 17.7 Å². The van der Waals surface area contributed by atoms with Crippen LogP contribution in [0.4, 0.5) is 0 Å². The molecule has 6 heteroatoms. The third-order valence-corrected chi connectivity index (χ3v) is 5.29. The van der Waals surface area contributed by atoms with Gasteiger partial charge in [-0.15, -0.1) is 0 Å². The van der Waals surface area contributed by atoms with Crippen LogP contribution in [0.15, 0.2) is 56.1 Å². The number of nitrogens with zero attached hydrogens (tertiary/aromatic N) is 1. The minimum Gasteiger partial charge on any atom is -0.459 e. The molecule has 1 aliphatic heterocycles. The highest BCUT2D eigenvalue weighted by molar-refractivity contribution is 6.21. The van der Waals surface area contributed by atoms with Crippen LogP contribution in [0.2, 0.25) is 0 Å². The van der Waals surface area contributed by atoms with Crippen LogP contribution < -0.4 is 5.63 Å². The lowest BCUT2D eigenvalue weighted by molar-refractivity contribution is 0.0632. The average molecular weight is 373 g/mol. The van der Waals surface area contributed by atoms with Crippen LogP contribution in [0.25, 0.3) is 21.9 Å². The molecular weight excluding hydrogens is 358 g/mol. The minimum absolute atomic E-state index is 0.0478. The van der Waals surface area contributed by atoms with Crippen LogP contribution in [0.5, 0.6) is 0 Å². The van der Waals surface area contributed by atoms with E-state index in [1.807, 2.05) is 19.9 Å². The third kappa shape index (κ3) is 2.24. The number of aryl methyl sites for hydroxylation is 2. The molecule has 0 saturated carbocycles. The molecule has 0 saturated heterocycles. The van der Waals surface area contributed by atoms with Crippen LogP contribution in [0, 0.1) is 13.8 Å². The number of fused-ring (bicyclic) bond motifs is 3. The highest BCUT2D eigenvalue weighted by Crippen LogP contribution is 2.32. The third-order valence-electron chi connectivity index (χ3n) is 5.29. The molecule has 2 amide bonds. The van der Waals surface area contributed by atoms with Crippen molar-refractivity contribution in [2.45, 2.75) is 20.4 Å². The van der Waals surface area contributed by atoms with Crippen molar-refractivity contribution in [3.8, 4) is 0 Å². The summed E-state index contributed by atoms with van der Waals surface area (Å²) >= 11 is 0. The van der Waals surface area contributed by atoms with Crippen molar-refractivity contribution >= 4 is 33.8 Å². The summed E-state index contributed by atoms with van der Waals surface area (Å²) in [4.78, 5) is 38.1. The van der Waals surface area contributed by atoms with Crippen molar-refractivity contribution in [2.24, 2.45) is 0 Å². The molecule has 2 aromatic carbocycles. The number of carbonyl (C=O) groups is 2. The van der Waals surface area contributed by atoms with Gasteiger partial charge in [0.2, 0.25) is 0 Å². The predicted molar refractivity (Wildman–Crippen MR) is 102 cm³/mol. The van der Waals surface area contributed by atoms with E-state index in [-0.39, 0.29) is 18.4 Å². The van der Waals surface area contributed by atoms with E-state index >= 15 is 0 Å². The lowest BCUT2D eigenvalue weighted by Gasteiger charge is -2.12. The zero-order valence-corrected chi connectivity index (χ0v) is 15.2. The second kappa shape index (κ2) is 5.66. The second-order valence-corrected chi connectivity index (χ2v) is 6.99. The van der Waals surface area contributed by atoms with Gasteiger partial charge >= 0.3 is 5.63 Å². The monoisotopic (exact) mass is 373 g/mol. The van der Waals surface area contributed by atoms with Crippen molar-refractivity contribution in [1.82, 2.24) is 4.90 Å². The Hall–Kier alpha value is -3.67. The molecule has 28 heavy (non-hydrogen) atoms. The molecule has 5 rings (SSSR count). The zero-order chi connectivity index (χ0) is 19.6. The Bertz CT molecular complexity index is 1340. The first-order valence-electron chi connectivity index (χ1n) is 8.86. The summed E-state index contributed by atoms with van der Waals surface area (Å²) < 4.78 is 11.2. The van der Waals surface area contributed by atoms with Crippen LogP contribution in [0.1, 0.15) is 37.6 Å². The number of furan rings is 1. The van der Waals surface area contributed by atoms with E-state index in [0.717, 1.165) is 21.9 Å². The second-order valence-electron chi connectivity index (χ2n) is 6.99. The van der Waals surface area contributed by atoms with Gasteiger partial charge in [0.1, 0.15) is 16.9 Å². The van der Waals surface area contributed by atoms with Gasteiger partial charge in [-0.2, -0.15) is 0 Å². The summed E-state index contributed by atoms with van der Waals surface area (Å²) in [6.07, 6.45) is 0. The summed E-state index contributed by atoms with van der Waals surface area (Å²) in [5.41, 5.74) is 3.05. The lowest BCUT2D eigenvalue weighted by Crippen LogP contribution is -2.29. The molecule has 0 unspecified atom stereocenters. The Labute approximate surface area is 159 Å². The van der Waals surface area contributed by atoms with Crippen molar-refractivity contribution in [1.29, 1.82) is 0 Å². The fourth-order valence-corrected chi connectivity index (χ4v) is 3.76. The SMILES string of the molecule is Cc1cc(=O)oc2cc3oc(CN4C(=O)c5ccccc5C4=O)c(C)c3cc12. The van der Waals surface area contributed by atoms with Crippen LogP contribution in [0.3, 0.4) is 0 Å². The molecule has 0 atom stereocenters. The lowest BCUT2D eigenvalue weighted by atomic mass is 10.1. The highest BCUT2D eigenvalue weighted by atomic mass is 16.4. The molecule has 3 heterocycles. The molecule has 0 aliphatic carbocycles. The van der Waals surface area contributed by atoms with Gasteiger partial charge in [0.25, 0.3) is 11.8 Å². The van der Waals surface area contributed by atoms with Crippen molar-refractivity contribution in [3.63, 3.8) is 0 Å². The number of carbonyl (C=O) groups excluding carboxylic acids is 2. The fourth-order valence-electron chi connectivity index (χ4n) is 3.76. The summed E-state index contributed by atoms with van der Waals surface area (Å²) in [6, 6.07) is 11.8. The number of amides is 2. The van der Waals surface area contributed by atoms with Gasteiger partial charge in [-0.3, -0.25) is 14.5 Å². The number of rotatable bonds is 2. The molecule has 0 N–H and O–H groups in total. The smallest absolute Gasteiger partial charge is 0.336 e. The zero-order valence-electron chi connectivity index (χ0n) is 15.2. The molecule has 0 radical (unpaired) electrons. The Morgan fingerprint density at radius 3 is 2.14 bits per heavy atom. The number of hydrogen-bond donors (Lipinski definition) is 0. The Kier molecular flexibility index (Phi) is 3.34. The molecule has 4 aromatic rings. The van der Waals surface area contributed by atoms with Crippen LogP contribution in [-0.4, -0.2) is 16.7 Å². The minimum atomic E-state index is -0.418. The normalized spacial score (nSPS) is 13.7. The summed E-state index contributed by atoms with van der Waals surface area (Å²) in [5.74, 6) is -0.125. The van der Waals surface area contributed by atoms with Crippen molar-refractivity contribution in [3.05, 3.63) is 80.9 Å². The van der Waals surface area contributed by atoms with E-state index in [4.69, 9.17) is 8.83 Å². The van der Waals surface area contributed by atoms with Crippen molar-refractivity contribution in [2.75, 3.05) is 0 Å². The summed E-state index contributed by atoms with van der Waals surface area (Å²) in [5, 5.41) is 1.68. The molecule has 0 bridgehead atoms. The van der Waals surface area contributed by atoms with Gasteiger partial charge in [-0.05, 0) is 37.6 Å². The van der Waals surface area contributed by atoms with E-state index in [2.05, 4.69) is 0 Å². The van der Waals surface area contributed by atoms with Gasteiger partial charge < -0.3 is 8.83 Å². The van der Waals surface area contributed by atoms with E-state index in [0.29, 0.717) is 28.1 Å². The number of benzene rings is 2. The summed E-state index contributed by atoms with van der Waals surface area (Å²) in [6.45, 7) is 3.78. The van der Waals surface area contributed by atoms with E-state index in [1.54, 1.807) is 30.3 Å². The van der Waals surface area contributed by atoms with Gasteiger partial charge in [-0.1, -0.05) is 12.1 Å². The average Bonchev–Trinajstić information content (AvgIpc) is 3.10. The van der Waals surface area contributed by atoms with Gasteiger partial charge in [0.15, 0.2) is 0 Å². The first kappa shape index (κ1) is 16.5. The largest absolute Gasteiger partial charge is 0.459 e. The molecule has 0 spiro atoms. The van der Waals surface area contributed by atoms with E-state index in [1.165, 1.54) is 11.0 Å². The quantitative estimate of drug-likeness (QED) is 0.393. The highest BCUT2D eigenvalue weighted by Gasteiger charge is 2.36. The standard InChI is InChI=1S/C22H15NO5/c1-11-7-20(24)28-17-9-18-16(8-15(11)17)12(2)19(27-18)10-23-21(25)13-5-3-4-6-14(13)22(23)26/h3-9H,10H2,1-2H3. The van der Waals surface area contributed by atoms with Gasteiger partial charge in [-0.25, -0.2) is 4.79 Å². The molecule has 138 valence electrons. The first-order chi connectivity index (χ1) is 13.4. The van der Waals surface area contributed by atoms with E-state index < -0.39 is 5.63 Å². The topological polar surface area (TPSA) is 80.7 Å². The molecule has 6 nitrogen and oxygen atoms in total. The number of hydrogen-bond acceptors (Lipinski definition) is 5. The Balaban J connectivity index is 1.61. The molecule has 2 aromatic heterocycles. The maximum atomic E-state index is 12.6. The molecule has 1 aliphatic rings. The summed E-state index contributed by atoms with van der Waals surface area (Å²) in [7, 11) is 0. The Morgan fingerprint density at radius 2 is 1.46 bits per heavy atom. The number of imide groups is 1. The van der Waals surface area contributed by atoms with Gasteiger partial charge in [0, 0.05) is 28.5 Å². The van der Waals surface area contributed by atoms with Crippen molar-refractivity contribution < 1.29 is 18.4 Å². The maximum Gasteiger partial charge on any atom is 0.336 e. The van der Waals surface area contributed by atoms with E-state index in [9.17, 15) is 14.4 Å². The fraction of sp³-hybridized carbons (Fsp3) is 0.136. The molecule has 0 fully saturated rings. The molecular formula is C22H15NO5. The maximum absolute atomic E-state index is 12.6. The first-order valence-corrected chi connectivity index (χ1v) is 8.86.